The summed E-state index contributed by atoms with van der Waals surface area (Å²) in [5.74, 6) is -2.48. The second kappa shape index (κ2) is 11.8. The molecule has 0 fully saturated rings. The number of benzene rings is 2. The van der Waals surface area contributed by atoms with Crippen molar-refractivity contribution in [2.45, 2.75) is 25.7 Å². The van der Waals surface area contributed by atoms with E-state index in [1.807, 2.05) is 24.8 Å². The number of hydrogen-bond donors (Lipinski definition) is 2. The number of nitrogens with zero attached hydrogens (tertiary/aromatic N) is 4. The third-order valence-corrected chi connectivity index (χ3v) is 6.99. The molecular weight excluding hydrogens is 542 g/mol. The van der Waals surface area contributed by atoms with Gasteiger partial charge < -0.3 is 20.1 Å². The molecule has 2 aromatic carbocycles. The van der Waals surface area contributed by atoms with Crippen LogP contribution in [-0.4, -0.2) is 51.4 Å². The third kappa shape index (κ3) is 6.77. The number of methoxy groups -OCH3 is 1. The quantitative estimate of drug-likeness (QED) is 0.400. The van der Waals surface area contributed by atoms with E-state index in [4.69, 9.17) is 9.84 Å². The molecule has 2 rings (SSSR count). The van der Waals surface area contributed by atoms with Gasteiger partial charge in [0.2, 0.25) is 5.91 Å². The monoisotopic (exact) mass is 565 g/mol. The zero-order valence-electron chi connectivity index (χ0n) is 19.5. The predicted molar refractivity (Wildman–Crippen MR) is 134 cm³/mol. The standard InChI is InChI=1S/C22H24BrN5O6S/c1-5-28(6-2)19-9-17(25-13(3)29)18(10-20(19)34-4)26-27-22-14(11-24)7-15(8-16(22)23)35(32,33)12-21(30)31/h7-10H,5-6,12H2,1-4H3,(H,25,29)(H,30,31). The molecule has 2 aromatic rings. The number of anilines is 2. The molecule has 0 bridgehead atoms. The second-order valence-corrected chi connectivity index (χ2v) is 10.0. The first-order valence-electron chi connectivity index (χ1n) is 10.3. The normalized spacial score (nSPS) is 11.2. The van der Waals surface area contributed by atoms with Gasteiger partial charge >= 0.3 is 5.97 Å². The number of carbonyl (C=O) groups is 2. The van der Waals surface area contributed by atoms with Gasteiger partial charge in [-0.2, -0.15) is 5.26 Å². The minimum Gasteiger partial charge on any atom is -0.494 e. The number of halogens is 1. The first-order chi connectivity index (χ1) is 16.5. The smallest absolute Gasteiger partial charge is 0.319 e. The number of hydrogen-bond acceptors (Lipinski definition) is 9. The lowest BCUT2D eigenvalue weighted by Crippen LogP contribution is -2.22. The van der Waals surface area contributed by atoms with E-state index >= 15 is 0 Å². The second-order valence-electron chi connectivity index (χ2n) is 7.16. The van der Waals surface area contributed by atoms with Gasteiger partial charge in [-0.3, -0.25) is 9.59 Å². The van der Waals surface area contributed by atoms with Crippen molar-refractivity contribution < 1.29 is 27.9 Å². The Kier molecular flexibility index (Phi) is 9.32. The van der Waals surface area contributed by atoms with E-state index in [1.54, 1.807) is 12.1 Å². The summed E-state index contributed by atoms with van der Waals surface area (Å²) in [6.07, 6.45) is 0. The van der Waals surface area contributed by atoms with Crippen LogP contribution in [0.2, 0.25) is 0 Å². The van der Waals surface area contributed by atoms with Crippen LogP contribution in [0, 0.1) is 11.3 Å². The van der Waals surface area contributed by atoms with E-state index in [0.717, 1.165) is 17.8 Å². The average Bonchev–Trinajstić information content (AvgIpc) is 2.78. The lowest BCUT2D eigenvalue weighted by atomic mass is 10.2. The van der Waals surface area contributed by atoms with Gasteiger partial charge in [-0.15, -0.1) is 10.2 Å². The van der Waals surface area contributed by atoms with Gasteiger partial charge in [-0.05, 0) is 48.0 Å². The van der Waals surface area contributed by atoms with Crippen LogP contribution in [0.5, 0.6) is 5.75 Å². The highest BCUT2D eigenvalue weighted by Crippen LogP contribution is 2.40. The van der Waals surface area contributed by atoms with E-state index in [2.05, 4.69) is 31.5 Å². The van der Waals surface area contributed by atoms with Crippen LogP contribution >= 0.6 is 15.9 Å². The molecule has 0 radical (unpaired) electrons. The number of ether oxygens (including phenoxy) is 1. The van der Waals surface area contributed by atoms with Crippen LogP contribution in [-0.2, 0) is 19.4 Å². The highest BCUT2D eigenvalue weighted by atomic mass is 79.9. The highest BCUT2D eigenvalue weighted by molar-refractivity contribution is 9.10. The summed E-state index contributed by atoms with van der Waals surface area (Å²) in [6, 6.07) is 7.35. The minimum absolute atomic E-state index is 0.0299. The van der Waals surface area contributed by atoms with Gasteiger partial charge in [-0.25, -0.2) is 8.42 Å². The Balaban J connectivity index is 2.64. The molecule has 2 N–H and O–H groups in total. The number of rotatable bonds is 10. The van der Waals surface area contributed by atoms with Crippen molar-refractivity contribution in [2.75, 3.05) is 36.2 Å². The summed E-state index contributed by atoms with van der Waals surface area (Å²) in [6.45, 7) is 6.71. The summed E-state index contributed by atoms with van der Waals surface area (Å²) in [7, 11) is -2.67. The largest absolute Gasteiger partial charge is 0.494 e. The molecule has 35 heavy (non-hydrogen) atoms. The average molecular weight is 566 g/mol. The van der Waals surface area contributed by atoms with Crippen LogP contribution in [0.25, 0.3) is 0 Å². The molecule has 186 valence electrons. The molecule has 0 atom stereocenters. The van der Waals surface area contributed by atoms with Crippen LogP contribution in [0.15, 0.2) is 43.9 Å². The Hall–Kier alpha value is -3.50. The number of carbonyl (C=O) groups excluding carboxylic acids is 1. The number of carboxylic acids is 1. The molecule has 11 nitrogen and oxygen atoms in total. The van der Waals surface area contributed by atoms with Crippen molar-refractivity contribution in [3.05, 3.63) is 34.3 Å². The van der Waals surface area contributed by atoms with Crippen molar-refractivity contribution in [1.82, 2.24) is 0 Å². The van der Waals surface area contributed by atoms with Gasteiger partial charge in [0, 0.05) is 30.6 Å². The summed E-state index contributed by atoms with van der Waals surface area (Å²) in [4.78, 5) is 24.4. The summed E-state index contributed by atoms with van der Waals surface area (Å²) in [5, 5.41) is 29.4. The molecule has 0 aromatic heterocycles. The Morgan fingerprint density at radius 1 is 1.20 bits per heavy atom. The molecule has 0 saturated heterocycles. The fourth-order valence-electron chi connectivity index (χ4n) is 3.20. The number of aliphatic carboxylic acids is 1. The first kappa shape index (κ1) is 27.7. The molecule has 0 aliphatic heterocycles. The van der Waals surface area contributed by atoms with E-state index in [1.165, 1.54) is 14.0 Å². The van der Waals surface area contributed by atoms with Crippen molar-refractivity contribution >= 4 is 60.4 Å². The summed E-state index contributed by atoms with van der Waals surface area (Å²) < 4.78 is 30.2. The van der Waals surface area contributed by atoms with Crippen molar-refractivity contribution in [3.8, 4) is 11.8 Å². The third-order valence-electron chi connectivity index (χ3n) is 4.80. The lowest BCUT2D eigenvalue weighted by Gasteiger charge is -2.24. The minimum atomic E-state index is -4.17. The fourth-order valence-corrected chi connectivity index (χ4v) is 4.97. The van der Waals surface area contributed by atoms with Gasteiger partial charge in [-0.1, -0.05) is 0 Å². The number of azo groups is 1. The van der Waals surface area contributed by atoms with Crippen molar-refractivity contribution in [2.24, 2.45) is 10.2 Å². The number of sulfone groups is 1. The van der Waals surface area contributed by atoms with Gasteiger partial charge in [0.1, 0.15) is 23.2 Å². The Bertz CT molecular complexity index is 1320. The Morgan fingerprint density at radius 3 is 2.37 bits per heavy atom. The topological polar surface area (TPSA) is 162 Å². The maximum atomic E-state index is 12.3. The molecule has 0 saturated carbocycles. The molecule has 0 aliphatic rings. The SMILES string of the molecule is CCN(CC)c1cc(NC(C)=O)c(N=Nc2c(Br)cc(S(=O)(=O)CC(=O)O)cc2C#N)cc1OC. The zero-order chi connectivity index (χ0) is 26.3. The molecule has 0 aliphatic carbocycles. The summed E-state index contributed by atoms with van der Waals surface area (Å²) in [5.41, 5.74) is 1.24. The van der Waals surface area contributed by atoms with Gasteiger partial charge in [0.25, 0.3) is 0 Å². The maximum Gasteiger partial charge on any atom is 0.319 e. The van der Waals surface area contributed by atoms with Crippen LogP contribution in [0.4, 0.5) is 22.7 Å². The highest BCUT2D eigenvalue weighted by Gasteiger charge is 2.22. The van der Waals surface area contributed by atoms with Crippen molar-refractivity contribution in [3.63, 3.8) is 0 Å². The number of nitrogens with one attached hydrogen (secondary N) is 1. The van der Waals surface area contributed by atoms with Crippen LogP contribution in [0.1, 0.15) is 26.3 Å². The zero-order valence-corrected chi connectivity index (χ0v) is 21.9. The van der Waals surface area contributed by atoms with Crippen molar-refractivity contribution in [1.29, 1.82) is 5.26 Å². The number of amides is 1. The molecule has 0 unspecified atom stereocenters. The maximum absolute atomic E-state index is 12.3. The predicted octanol–water partition coefficient (Wildman–Crippen LogP) is 4.41. The molecule has 0 spiro atoms. The number of carboxylic acid groups (broad SMARTS) is 1. The molecular formula is C22H24BrN5O6S. The van der Waals surface area contributed by atoms with E-state index in [0.29, 0.717) is 24.5 Å². The molecule has 13 heteroatoms. The molecule has 1 amide bonds. The van der Waals surface area contributed by atoms with E-state index < -0.39 is 21.6 Å². The van der Waals surface area contributed by atoms with Gasteiger partial charge in [0.05, 0.1) is 28.9 Å². The van der Waals surface area contributed by atoms with Gasteiger partial charge in [0.15, 0.2) is 15.6 Å². The Morgan fingerprint density at radius 2 is 1.86 bits per heavy atom. The first-order valence-corrected chi connectivity index (χ1v) is 12.8. The lowest BCUT2D eigenvalue weighted by molar-refractivity contribution is -0.134. The van der Waals surface area contributed by atoms with Crippen LogP contribution in [0.3, 0.4) is 0 Å². The van der Waals surface area contributed by atoms with E-state index in [9.17, 15) is 23.3 Å². The van der Waals surface area contributed by atoms with Crippen LogP contribution < -0.4 is 15.0 Å². The van der Waals surface area contributed by atoms with E-state index in [-0.39, 0.29) is 32.2 Å². The number of nitriles is 1. The molecule has 0 heterocycles. The summed E-state index contributed by atoms with van der Waals surface area (Å²) >= 11 is 3.19. The fraction of sp³-hybridized carbons (Fsp3) is 0.318. The Labute approximate surface area is 211 Å².